The lowest BCUT2D eigenvalue weighted by Gasteiger charge is -2.35. The smallest absolute Gasteiger partial charge is 0.255 e. The Morgan fingerprint density at radius 3 is 2.70 bits per heavy atom. The van der Waals surface area contributed by atoms with Gasteiger partial charge in [0.1, 0.15) is 5.82 Å². The third-order valence-corrected chi connectivity index (χ3v) is 4.84. The van der Waals surface area contributed by atoms with Gasteiger partial charge in [0.2, 0.25) is 0 Å². The molecule has 0 aromatic heterocycles. The minimum Gasteiger partial charge on any atom is -0.349 e. The van der Waals surface area contributed by atoms with Gasteiger partial charge in [-0.1, -0.05) is 32.8 Å². The Labute approximate surface area is 128 Å². The Hall–Kier alpha value is -0.900. The number of nitrogens with one attached hydrogen (secondary N) is 1. The van der Waals surface area contributed by atoms with Crippen LogP contribution < -0.4 is 5.32 Å². The van der Waals surface area contributed by atoms with Crippen LogP contribution in [0.15, 0.2) is 22.7 Å². The third-order valence-electron chi connectivity index (χ3n) is 4.18. The molecule has 1 aromatic carbocycles. The van der Waals surface area contributed by atoms with Crippen molar-refractivity contribution in [3.05, 3.63) is 34.1 Å². The molecule has 1 saturated carbocycles. The van der Waals surface area contributed by atoms with Gasteiger partial charge in [0.25, 0.3) is 5.91 Å². The SMILES string of the molecule is CC(C)C1CCCCC1NC(=O)c1c(F)cccc1Br. The fraction of sp³-hybridized carbons (Fsp3) is 0.562. The summed E-state index contributed by atoms with van der Waals surface area (Å²) in [6.45, 7) is 4.38. The summed E-state index contributed by atoms with van der Waals surface area (Å²) in [6.07, 6.45) is 4.48. The number of carbonyl (C=O) groups excluding carboxylic acids is 1. The maximum atomic E-state index is 13.8. The average Bonchev–Trinajstić information content (AvgIpc) is 2.38. The summed E-state index contributed by atoms with van der Waals surface area (Å²) in [4.78, 5) is 12.3. The largest absolute Gasteiger partial charge is 0.349 e. The van der Waals surface area contributed by atoms with Crippen LogP contribution in [-0.2, 0) is 0 Å². The lowest BCUT2D eigenvalue weighted by molar-refractivity contribution is 0.0884. The van der Waals surface area contributed by atoms with Crippen molar-refractivity contribution in [2.45, 2.75) is 45.6 Å². The van der Waals surface area contributed by atoms with Crippen molar-refractivity contribution >= 4 is 21.8 Å². The predicted molar refractivity (Wildman–Crippen MR) is 82.2 cm³/mol. The van der Waals surface area contributed by atoms with Crippen LogP contribution >= 0.6 is 15.9 Å². The van der Waals surface area contributed by atoms with Gasteiger partial charge < -0.3 is 5.32 Å². The van der Waals surface area contributed by atoms with Gasteiger partial charge in [-0.3, -0.25) is 4.79 Å². The Kier molecular flexibility index (Phi) is 5.19. The molecule has 20 heavy (non-hydrogen) atoms. The van der Waals surface area contributed by atoms with Crippen LogP contribution in [0.25, 0.3) is 0 Å². The zero-order chi connectivity index (χ0) is 14.7. The molecule has 1 amide bonds. The van der Waals surface area contributed by atoms with Gasteiger partial charge in [0.05, 0.1) is 5.56 Å². The van der Waals surface area contributed by atoms with Crippen LogP contribution in [0, 0.1) is 17.7 Å². The Balaban J connectivity index is 2.14. The summed E-state index contributed by atoms with van der Waals surface area (Å²) >= 11 is 3.26. The number of rotatable bonds is 3. The minimum absolute atomic E-state index is 0.112. The molecule has 0 spiro atoms. The van der Waals surface area contributed by atoms with Crippen molar-refractivity contribution in [1.29, 1.82) is 0 Å². The first-order valence-electron chi connectivity index (χ1n) is 7.25. The van der Waals surface area contributed by atoms with E-state index >= 15 is 0 Å². The number of amides is 1. The van der Waals surface area contributed by atoms with Crippen molar-refractivity contribution in [3.8, 4) is 0 Å². The standard InChI is InChI=1S/C16H21BrFNO/c1-10(2)11-6-3-4-9-14(11)19-16(20)15-12(17)7-5-8-13(15)18/h5,7-8,10-11,14H,3-4,6,9H2,1-2H3,(H,19,20). The number of benzene rings is 1. The molecule has 1 aliphatic rings. The number of hydrogen-bond acceptors (Lipinski definition) is 1. The number of carbonyl (C=O) groups is 1. The summed E-state index contributed by atoms with van der Waals surface area (Å²) in [5.41, 5.74) is 0.112. The van der Waals surface area contributed by atoms with Crippen LogP contribution in [-0.4, -0.2) is 11.9 Å². The molecule has 110 valence electrons. The number of hydrogen-bond donors (Lipinski definition) is 1. The summed E-state index contributed by atoms with van der Waals surface area (Å²) in [6, 6.07) is 4.76. The highest BCUT2D eigenvalue weighted by Crippen LogP contribution is 2.30. The molecule has 2 unspecified atom stereocenters. The topological polar surface area (TPSA) is 29.1 Å². The molecule has 1 N–H and O–H groups in total. The molecule has 2 rings (SSSR count). The van der Waals surface area contributed by atoms with Crippen LogP contribution in [0.4, 0.5) is 4.39 Å². The van der Waals surface area contributed by atoms with E-state index < -0.39 is 5.82 Å². The second-order valence-corrected chi connectivity index (χ2v) is 6.72. The molecule has 0 saturated heterocycles. The van der Waals surface area contributed by atoms with E-state index in [9.17, 15) is 9.18 Å². The quantitative estimate of drug-likeness (QED) is 0.859. The van der Waals surface area contributed by atoms with Crippen LogP contribution in [0.1, 0.15) is 49.9 Å². The molecule has 0 heterocycles. The van der Waals surface area contributed by atoms with Gasteiger partial charge >= 0.3 is 0 Å². The molecule has 0 radical (unpaired) electrons. The van der Waals surface area contributed by atoms with Gasteiger partial charge in [0, 0.05) is 10.5 Å². The third kappa shape index (κ3) is 3.40. The lowest BCUT2D eigenvalue weighted by atomic mass is 9.78. The summed E-state index contributed by atoms with van der Waals surface area (Å²) in [7, 11) is 0. The predicted octanol–water partition coefficient (Wildman–Crippen LogP) is 4.53. The molecule has 1 aliphatic carbocycles. The molecular formula is C16H21BrFNO. The summed E-state index contributed by atoms with van der Waals surface area (Å²) < 4.78 is 14.3. The van der Waals surface area contributed by atoms with Gasteiger partial charge in [-0.05, 0) is 52.7 Å². The highest BCUT2D eigenvalue weighted by atomic mass is 79.9. The Morgan fingerprint density at radius 2 is 2.05 bits per heavy atom. The molecule has 1 aromatic rings. The monoisotopic (exact) mass is 341 g/mol. The summed E-state index contributed by atoms with van der Waals surface area (Å²) in [5.74, 6) is 0.226. The van der Waals surface area contributed by atoms with Gasteiger partial charge in [-0.25, -0.2) is 4.39 Å². The second-order valence-electron chi connectivity index (χ2n) is 5.87. The molecule has 2 atom stereocenters. The Morgan fingerprint density at radius 1 is 1.35 bits per heavy atom. The van der Waals surface area contributed by atoms with Crippen LogP contribution in [0.5, 0.6) is 0 Å². The second kappa shape index (κ2) is 6.70. The van der Waals surface area contributed by atoms with E-state index in [1.165, 1.54) is 12.5 Å². The van der Waals surface area contributed by atoms with E-state index in [1.807, 2.05) is 0 Å². The van der Waals surface area contributed by atoms with Crippen molar-refractivity contribution in [1.82, 2.24) is 5.32 Å². The first kappa shape index (κ1) is 15.5. The molecular weight excluding hydrogens is 321 g/mol. The molecule has 0 bridgehead atoms. The highest BCUT2D eigenvalue weighted by molar-refractivity contribution is 9.10. The fourth-order valence-corrected chi connectivity index (χ4v) is 3.61. The fourth-order valence-electron chi connectivity index (χ4n) is 3.09. The van der Waals surface area contributed by atoms with Gasteiger partial charge in [0.15, 0.2) is 0 Å². The van der Waals surface area contributed by atoms with Crippen molar-refractivity contribution < 1.29 is 9.18 Å². The van der Waals surface area contributed by atoms with Gasteiger partial charge in [-0.2, -0.15) is 0 Å². The highest BCUT2D eigenvalue weighted by Gasteiger charge is 2.29. The normalized spacial score (nSPS) is 22.9. The summed E-state index contributed by atoms with van der Waals surface area (Å²) in [5, 5.41) is 3.04. The van der Waals surface area contributed by atoms with E-state index in [2.05, 4.69) is 35.1 Å². The van der Waals surface area contributed by atoms with E-state index in [0.29, 0.717) is 16.3 Å². The van der Waals surface area contributed by atoms with E-state index in [1.54, 1.807) is 12.1 Å². The first-order chi connectivity index (χ1) is 9.50. The molecule has 1 fully saturated rings. The Bertz CT molecular complexity index is 469. The van der Waals surface area contributed by atoms with Crippen molar-refractivity contribution in [2.75, 3.05) is 0 Å². The molecule has 0 aliphatic heterocycles. The maximum Gasteiger partial charge on any atom is 0.255 e. The minimum atomic E-state index is -0.478. The molecule has 4 heteroatoms. The van der Waals surface area contributed by atoms with Crippen molar-refractivity contribution in [2.24, 2.45) is 11.8 Å². The average molecular weight is 342 g/mol. The zero-order valence-electron chi connectivity index (χ0n) is 12.0. The van der Waals surface area contributed by atoms with Gasteiger partial charge in [-0.15, -0.1) is 0 Å². The van der Waals surface area contributed by atoms with Crippen LogP contribution in [0.2, 0.25) is 0 Å². The van der Waals surface area contributed by atoms with Crippen molar-refractivity contribution in [3.63, 3.8) is 0 Å². The van der Waals surface area contributed by atoms with Crippen LogP contribution in [0.3, 0.4) is 0 Å². The number of halogens is 2. The maximum absolute atomic E-state index is 13.8. The molecule has 2 nitrogen and oxygen atoms in total. The lowest BCUT2D eigenvalue weighted by Crippen LogP contribution is -2.44. The zero-order valence-corrected chi connectivity index (χ0v) is 13.5. The van der Waals surface area contributed by atoms with E-state index in [0.717, 1.165) is 19.3 Å². The van der Waals surface area contributed by atoms with E-state index in [4.69, 9.17) is 0 Å². The van der Waals surface area contributed by atoms with E-state index in [-0.39, 0.29) is 17.5 Å². The first-order valence-corrected chi connectivity index (χ1v) is 8.05.